The molecule has 0 unspecified atom stereocenters. The zero-order valence-corrected chi connectivity index (χ0v) is 8.58. The van der Waals surface area contributed by atoms with Crippen molar-refractivity contribution in [2.24, 2.45) is 0 Å². The first kappa shape index (κ1) is 11.4. The van der Waals surface area contributed by atoms with Crippen LogP contribution in [-0.2, 0) is 6.42 Å². The van der Waals surface area contributed by atoms with E-state index in [1.807, 2.05) is 18.4 Å². The van der Waals surface area contributed by atoms with E-state index in [4.69, 9.17) is 0 Å². The summed E-state index contributed by atoms with van der Waals surface area (Å²) in [6.07, 6.45) is -2.80. The second kappa shape index (κ2) is 4.73. The highest BCUT2D eigenvalue weighted by atomic mass is 32.2. The highest BCUT2D eigenvalue weighted by Crippen LogP contribution is 2.23. The highest BCUT2D eigenvalue weighted by molar-refractivity contribution is 7.98. The predicted octanol–water partition coefficient (Wildman–Crippen LogP) is 3.90. The molecule has 0 aromatic heterocycles. The van der Waals surface area contributed by atoms with Gasteiger partial charge in [-0.2, -0.15) is 13.2 Å². The minimum Gasteiger partial charge on any atom is -0.171 e. The molecule has 0 amide bonds. The van der Waals surface area contributed by atoms with E-state index in [9.17, 15) is 13.2 Å². The van der Waals surface area contributed by atoms with Crippen LogP contribution in [0.1, 0.15) is 12.0 Å². The molecule has 14 heavy (non-hydrogen) atoms. The van der Waals surface area contributed by atoms with Crippen molar-refractivity contribution in [3.63, 3.8) is 0 Å². The van der Waals surface area contributed by atoms with Crippen LogP contribution in [-0.4, -0.2) is 12.4 Å². The third kappa shape index (κ3) is 4.05. The number of aryl methyl sites for hydroxylation is 1. The summed E-state index contributed by atoms with van der Waals surface area (Å²) in [5.41, 5.74) is 0.736. The molecule has 0 aliphatic rings. The Labute approximate surface area is 85.5 Å². The molecule has 0 aliphatic heterocycles. The van der Waals surface area contributed by atoms with Crippen molar-refractivity contribution in [1.29, 1.82) is 0 Å². The molecule has 1 aromatic rings. The quantitative estimate of drug-likeness (QED) is 0.696. The van der Waals surface area contributed by atoms with E-state index in [1.165, 1.54) is 0 Å². The minimum atomic E-state index is -4.06. The van der Waals surface area contributed by atoms with Crippen molar-refractivity contribution in [3.05, 3.63) is 29.8 Å². The molecule has 0 N–H and O–H groups in total. The number of thioether (sulfide) groups is 1. The van der Waals surface area contributed by atoms with Crippen molar-refractivity contribution < 1.29 is 13.2 Å². The molecule has 1 aromatic carbocycles. The molecular weight excluding hydrogens is 209 g/mol. The first-order valence-electron chi connectivity index (χ1n) is 4.21. The molecule has 0 atom stereocenters. The zero-order valence-electron chi connectivity index (χ0n) is 7.77. The van der Waals surface area contributed by atoms with E-state index >= 15 is 0 Å². The van der Waals surface area contributed by atoms with Gasteiger partial charge in [0, 0.05) is 11.3 Å². The van der Waals surface area contributed by atoms with Gasteiger partial charge in [-0.25, -0.2) is 0 Å². The second-order valence-electron chi connectivity index (χ2n) is 2.96. The van der Waals surface area contributed by atoms with Crippen molar-refractivity contribution in [2.45, 2.75) is 23.9 Å². The first-order chi connectivity index (χ1) is 6.51. The maximum Gasteiger partial charge on any atom is 0.389 e. The van der Waals surface area contributed by atoms with Crippen molar-refractivity contribution in [1.82, 2.24) is 0 Å². The molecule has 0 bridgehead atoms. The van der Waals surface area contributed by atoms with Gasteiger partial charge in [0.25, 0.3) is 0 Å². The van der Waals surface area contributed by atoms with Gasteiger partial charge in [-0.05, 0) is 30.4 Å². The first-order valence-corrected chi connectivity index (χ1v) is 5.43. The lowest BCUT2D eigenvalue weighted by Crippen LogP contribution is -2.08. The SMILES string of the molecule is CSc1ccc(CCC(F)(F)F)cc1. The van der Waals surface area contributed by atoms with Gasteiger partial charge in [-0.15, -0.1) is 11.8 Å². The number of benzene rings is 1. The van der Waals surface area contributed by atoms with Gasteiger partial charge in [-0.1, -0.05) is 12.1 Å². The fourth-order valence-electron chi connectivity index (χ4n) is 1.08. The van der Waals surface area contributed by atoms with Gasteiger partial charge < -0.3 is 0 Å². The summed E-state index contributed by atoms with van der Waals surface area (Å²) < 4.78 is 35.6. The Kier molecular flexibility index (Phi) is 3.86. The maximum atomic E-state index is 11.9. The van der Waals surface area contributed by atoms with Crippen LogP contribution >= 0.6 is 11.8 Å². The summed E-state index contributed by atoms with van der Waals surface area (Å²) in [6.45, 7) is 0. The van der Waals surface area contributed by atoms with Crippen LogP contribution in [0.2, 0.25) is 0 Å². The number of rotatable bonds is 3. The molecule has 0 spiro atoms. The molecule has 1 rings (SSSR count). The van der Waals surface area contributed by atoms with Crippen molar-refractivity contribution in [2.75, 3.05) is 6.26 Å². The third-order valence-electron chi connectivity index (χ3n) is 1.86. The predicted molar refractivity (Wildman–Crippen MR) is 52.6 cm³/mol. The summed E-state index contributed by atoms with van der Waals surface area (Å²) in [5, 5.41) is 0. The van der Waals surface area contributed by atoms with Crippen LogP contribution in [0.25, 0.3) is 0 Å². The molecule has 0 saturated carbocycles. The van der Waals surface area contributed by atoms with Crippen LogP contribution in [0.5, 0.6) is 0 Å². The van der Waals surface area contributed by atoms with E-state index in [1.54, 1.807) is 23.9 Å². The fraction of sp³-hybridized carbons (Fsp3) is 0.400. The molecule has 0 nitrogen and oxygen atoms in total. The Balaban J connectivity index is 2.52. The molecule has 0 aliphatic carbocycles. The van der Waals surface area contributed by atoms with Gasteiger partial charge >= 0.3 is 6.18 Å². The second-order valence-corrected chi connectivity index (χ2v) is 3.84. The molecule has 0 saturated heterocycles. The van der Waals surface area contributed by atoms with E-state index in [2.05, 4.69) is 0 Å². The monoisotopic (exact) mass is 220 g/mol. The Hall–Kier alpha value is -0.640. The van der Waals surface area contributed by atoms with Crippen molar-refractivity contribution >= 4 is 11.8 Å². The van der Waals surface area contributed by atoms with Crippen LogP contribution in [0, 0.1) is 0 Å². The smallest absolute Gasteiger partial charge is 0.171 e. The Morgan fingerprint density at radius 2 is 1.71 bits per heavy atom. The molecule has 78 valence electrons. The third-order valence-corrected chi connectivity index (χ3v) is 2.60. The summed E-state index contributed by atoms with van der Waals surface area (Å²) in [4.78, 5) is 1.07. The van der Waals surface area contributed by atoms with Gasteiger partial charge in [-0.3, -0.25) is 0 Å². The van der Waals surface area contributed by atoms with Gasteiger partial charge in [0.1, 0.15) is 0 Å². The Morgan fingerprint density at radius 1 is 1.14 bits per heavy atom. The lowest BCUT2D eigenvalue weighted by atomic mass is 10.1. The normalized spacial score (nSPS) is 11.7. The van der Waals surface area contributed by atoms with Crippen LogP contribution in [0.3, 0.4) is 0 Å². The average Bonchev–Trinajstić information content (AvgIpc) is 2.14. The fourth-order valence-corrected chi connectivity index (χ4v) is 1.49. The highest BCUT2D eigenvalue weighted by Gasteiger charge is 2.26. The average molecular weight is 220 g/mol. The zero-order chi connectivity index (χ0) is 10.6. The Bertz CT molecular complexity index is 276. The topological polar surface area (TPSA) is 0 Å². The molecule has 0 radical (unpaired) electrons. The van der Waals surface area contributed by atoms with Crippen LogP contribution in [0.4, 0.5) is 13.2 Å². The van der Waals surface area contributed by atoms with E-state index in [0.29, 0.717) is 0 Å². The van der Waals surface area contributed by atoms with Crippen molar-refractivity contribution in [3.8, 4) is 0 Å². The number of hydrogen-bond donors (Lipinski definition) is 0. The van der Waals surface area contributed by atoms with Gasteiger partial charge in [0.2, 0.25) is 0 Å². The summed E-state index contributed by atoms with van der Waals surface area (Å²) in [5.74, 6) is 0. The summed E-state index contributed by atoms with van der Waals surface area (Å²) in [6, 6.07) is 7.18. The Morgan fingerprint density at radius 3 is 2.14 bits per heavy atom. The van der Waals surface area contributed by atoms with Crippen LogP contribution < -0.4 is 0 Å². The van der Waals surface area contributed by atoms with Crippen LogP contribution in [0.15, 0.2) is 29.2 Å². The number of hydrogen-bond acceptors (Lipinski definition) is 1. The molecule has 4 heteroatoms. The van der Waals surface area contributed by atoms with E-state index < -0.39 is 12.6 Å². The maximum absolute atomic E-state index is 11.9. The minimum absolute atomic E-state index is 0.0676. The number of alkyl halides is 3. The molecule has 0 heterocycles. The van der Waals surface area contributed by atoms with Gasteiger partial charge in [0.05, 0.1) is 0 Å². The summed E-state index contributed by atoms with van der Waals surface area (Å²) >= 11 is 1.58. The lowest BCUT2D eigenvalue weighted by Gasteiger charge is -2.06. The molecule has 0 fully saturated rings. The lowest BCUT2D eigenvalue weighted by molar-refractivity contribution is -0.133. The van der Waals surface area contributed by atoms with Gasteiger partial charge in [0.15, 0.2) is 0 Å². The standard InChI is InChI=1S/C10H11F3S/c1-14-9-4-2-8(3-5-9)6-7-10(11,12)13/h2-5H,6-7H2,1H3. The van der Waals surface area contributed by atoms with E-state index in [-0.39, 0.29) is 6.42 Å². The van der Waals surface area contributed by atoms with E-state index in [0.717, 1.165) is 10.5 Å². The summed E-state index contributed by atoms with van der Waals surface area (Å²) in [7, 11) is 0. The largest absolute Gasteiger partial charge is 0.389 e. The number of halogens is 3. The molecular formula is C10H11F3S.